The van der Waals surface area contributed by atoms with E-state index in [9.17, 15) is 0 Å². The summed E-state index contributed by atoms with van der Waals surface area (Å²) < 4.78 is 5.37. The van der Waals surface area contributed by atoms with Gasteiger partial charge in [-0.15, -0.1) is 0 Å². The number of nitrogen functional groups attached to an aromatic ring is 1. The third-order valence-electron chi connectivity index (χ3n) is 3.34. The van der Waals surface area contributed by atoms with Gasteiger partial charge in [-0.05, 0) is 24.1 Å². The van der Waals surface area contributed by atoms with Gasteiger partial charge in [0.15, 0.2) is 5.82 Å². The zero-order chi connectivity index (χ0) is 14.8. The van der Waals surface area contributed by atoms with Gasteiger partial charge in [-0.3, -0.25) is 5.10 Å². The highest BCUT2D eigenvalue weighted by Gasteiger charge is 2.16. The Morgan fingerprint density at radius 3 is 2.62 bits per heavy atom. The van der Waals surface area contributed by atoms with Crippen molar-refractivity contribution in [2.24, 2.45) is 0 Å². The summed E-state index contributed by atoms with van der Waals surface area (Å²) in [6, 6.07) is 5.93. The van der Waals surface area contributed by atoms with Gasteiger partial charge in [-0.25, -0.2) is 9.97 Å². The Balaban J connectivity index is 2.17. The van der Waals surface area contributed by atoms with Crippen molar-refractivity contribution in [1.82, 2.24) is 20.2 Å². The molecule has 2 aromatic heterocycles. The number of rotatable bonds is 3. The molecule has 0 saturated carbocycles. The monoisotopic (exact) mass is 281 g/mol. The van der Waals surface area contributed by atoms with Gasteiger partial charge in [0, 0.05) is 18.0 Å². The Labute approximate surface area is 122 Å². The Bertz CT molecular complexity index is 767. The fourth-order valence-electron chi connectivity index (χ4n) is 2.26. The molecule has 3 N–H and O–H groups in total. The number of hydrogen-bond donors (Lipinski definition) is 2. The molecule has 21 heavy (non-hydrogen) atoms. The molecule has 6 nitrogen and oxygen atoms in total. The summed E-state index contributed by atoms with van der Waals surface area (Å²) in [4.78, 5) is 8.06. The first kappa shape index (κ1) is 13.1. The van der Waals surface area contributed by atoms with Crippen LogP contribution in [0, 0.1) is 6.92 Å². The Hall–Kier alpha value is -2.89. The third kappa shape index (κ3) is 2.31. The number of nitrogens with zero attached hydrogens (tertiary/aromatic N) is 3. The third-order valence-corrected chi connectivity index (χ3v) is 3.34. The number of nitrogens with one attached hydrogen (secondary N) is 1. The fraction of sp³-hybridized carbons (Fsp3) is 0.133. The molecule has 3 aromatic rings. The molecule has 0 spiro atoms. The molecular weight excluding hydrogens is 266 g/mol. The number of aromatic nitrogens is 4. The molecule has 3 rings (SSSR count). The van der Waals surface area contributed by atoms with Crippen LogP contribution in [0.1, 0.15) is 5.56 Å². The molecule has 0 unspecified atom stereocenters. The van der Waals surface area contributed by atoms with E-state index in [0.29, 0.717) is 5.82 Å². The van der Waals surface area contributed by atoms with Crippen molar-refractivity contribution in [3.8, 4) is 28.1 Å². The van der Waals surface area contributed by atoms with Crippen molar-refractivity contribution in [2.45, 2.75) is 6.92 Å². The summed E-state index contributed by atoms with van der Waals surface area (Å²) in [5.74, 6) is 1.24. The fourth-order valence-corrected chi connectivity index (χ4v) is 2.26. The molecule has 0 aliphatic heterocycles. The highest BCUT2D eigenvalue weighted by atomic mass is 16.5. The van der Waals surface area contributed by atoms with E-state index in [-0.39, 0.29) is 0 Å². The van der Waals surface area contributed by atoms with E-state index in [1.807, 2.05) is 25.1 Å². The molecule has 0 bridgehead atoms. The first-order valence-electron chi connectivity index (χ1n) is 6.45. The lowest BCUT2D eigenvalue weighted by molar-refractivity contribution is 0.412. The summed E-state index contributed by atoms with van der Waals surface area (Å²) in [6.07, 6.45) is 4.92. The lowest BCUT2D eigenvalue weighted by Gasteiger charge is -2.09. The molecule has 0 amide bonds. The number of anilines is 1. The zero-order valence-corrected chi connectivity index (χ0v) is 11.8. The first-order chi connectivity index (χ1) is 10.2. The predicted molar refractivity (Wildman–Crippen MR) is 80.8 cm³/mol. The number of nitrogens with two attached hydrogens (primary N) is 1. The quantitative estimate of drug-likeness (QED) is 0.769. The van der Waals surface area contributed by atoms with Gasteiger partial charge in [-0.1, -0.05) is 12.1 Å². The molecule has 0 aliphatic rings. The van der Waals surface area contributed by atoms with E-state index < -0.39 is 0 Å². The molecule has 0 radical (unpaired) electrons. The predicted octanol–water partition coefficient (Wildman–Crippen LogP) is 2.43. The van der Waals surface area contributed by atoms with E-state index in [0.717, 1.165) is 33.7 Å². The van der Waals surface area contributed by atoms with Gasteiger partial charge in [0.1, 0.15) is 12.1 Å². The van der Waals surface area contributed by atoms with Crippen molar-refractivity contribution in [2.75, 3.05) is 12.8 Å². The van der Waals surface area contributed by atoms with E-state index >= 15 is 0 Å². The van der Waals surface area contributed by atoms with Crippen molar-refractivity contribution in [3.05, 3.63) is 42.5 Å². The molecule has 0 saturated heterocycles. The van der Waals surface area contributed by atoms with Gasteiger partial charge in [0.2, 0.25) is 0 Å². The summed E-state index contributed by atoms with van der Waals surface area (Å²) in [6.45, 7) is 1.99. The number of benzene rings is 1. The van der Waals surface area contributed by atoms with Crippen LogP contribution in [0.5, 0.6) is 5.75 Å². The highest BCUT2D eigenvalue weighted by Crippen LogP contribution is 2.36. The van der Waals surface area contributed by atoms with Gasteiger partial charge < -0.3 is 10.5 Å². The Morgan fingerprint density at radius 2 is 1.90 bits per heavy atom. The van der Waals surface area contributed by atoms with Crippen molar-refractivity contribution < 1.29 is 4.74 Å². The number of aryl methyl sites for hydroxylation is 1. The molecule has 0 aliphatic carbocycles. The normalized spacial score (nSPS) is 10.6. The summed E-state index contributed by atoms with van der Waals surface area (Å²) >= 11 is 0. The molecule has 2 heterocycles. The second-order valence-corrected chi connectivity index (χ2v) is 4.67. The lowest BCUT2D eigenvalue weighted by atomic mass is 10.0. The molecule has 106 valence electrons. The van der Waals surface area contributed by atoms with E-state index in [4.69, 9.17) is 10.5 Å². The number of hydrogen-bond acceptors (Lipinski definition) is 5. The van der Waals surface area contributed by atoms with Gasteiger partial charge in [0.25, 0.3) is 0 Å². The second kappa shape index (κ2) is 5.24. The molecular formula is C15H15N5O. The minimum absolute atomic E-state index is 0.430. The minimum atomic E-state index is 0.430. The minimum Gasteiger partial charge on any atom is -0.496 e. The van der Waals surface area contributed by atoms with Crippen LogP contribution in [0.2, 0.25) is 0 Å². The zero-order valence-electron chi connectivity index (χ0n) is 11.8. The van der Waals surface area contributed by atoms with E-state index in [2.05, 4.69) is 20.2 Å². The number of methoxy groups -OCH3 is 1. The summed E-state index contributed by atoms with van der Waals surface area (Å²) in [5.41, 5.74) is 10.5. The second-order valence-electron chi connectivity index (χ2n) is 4.67. The Kier molecular flexibility index (Phi) is 3.27. The SMILES string of the molecule is COc1cc(-c2c(N)n[nH]c2-c2cncnc2)ccc1C. The highest BCUT2D eigenvalue weighted by molar-refractivity contribution is 5.87. The number of H-pyrrole nitrogens is 1. The van der Waals surface area contributed by atoms with Crippen molar-refractivity contribution in [3.63, 3.8) is 0 Å². The van der Waals surface area contributed by atoms with Crippen LogP contribution in [0.15, 0.2) is 36.9 Å². The van der Waals surface area contributed by atoms with Gasteiger partial charge in [-0.2, -0.15) is 5.10 Å². The van der Waals surface area contributed by atoms with Crippen LogP contribution in [-0.4, -0.2) is 27.3 Å². The standard InChI is InChI=1S/C15H15N5O/c1-9-3-4-10(5-12(9)21-2)13-14(19-20-15(13)16)11-6-17-8-18-7-11/h3-8H,1-2H3,(H3,16,19,20). The average molecular weight is 281 g/mol. The first-order valence-corrected chi connectivity index (χ1v) is 6.45. The van der Waals surface area contributed by atoms with Crippen LogP contribution in [-0.2, 0) is 0 Å². The number of ether oxygens (including phenoxy) is 1. The van der Waals surface area contributed by atoms with E-state index in [1.165, 1.54) is 6.33 Å². The largest absolute Gasteiger partial charge is 0.496 e. The Morgan fingerprint density at radius 1 is 1.14 bits per heavy atom. The van der Waals surface area contributed by atoms with Crippen LogP contribution >= 0.6 is 0 Å². The molecule has 0 fully saturated rings. The van der Waals surface area contributed by atoms with Gasteiger partial charge >= 0.3 is 0 Å². The molecule has 6 heteroatoms. The number of aromatic amines is 1. The van der Waals surface area contributed by atoms with Crippen molar-refractivity contribution in [1.29, 1.82) is 0 Å². The summed E-state index contributed by atoms with van der Waals surface area (Å²) in [7, 11) is 1.65. The van der Waals surface area contributed by atoms with Crippen LogP contribution in [0.3, 0.4) is 0 Å². The smallest absolute Gasteiger partial charge is 0.153 e. The lowest BCUT2D eigenvalue weighted by Crippen LogP contribution is -1.92. The van der Waals surface area contributed by atoms with Crippen molar-refractivity contribution >= 4 is 5.82 Å². The van der Waals surface area contributed by atoms with E-state index in [1.54, 1.807) is 19.5 Å². The van der Waals surface area contributed by atoms with Gasteiger partial charge in [0.05, 0.1) is 18.4 Å². The van der Waals surface area contributed by atoms with Crippen LogP contribution < -0.4 is 10.5 Å². The average Bonchev–Trinajstić information content (AvgIpc) is 2.90. The topological polar surface area (TPSA) is 89.7 Å². The molecule has 0 atom stereocenters. The summed E-state index contributed by atoms with van der Waals surface area (Å²) in [5, 5.41) is 7.05. The maximum absolute atomic E-state index is 6.02. The molecule has 1 aromatic carbocycles. The maximum atomic E-state index is 6.02. The van der Waals surface area contributed by atoms with Crippen LogP contribution in [0.25, 0.3) is 22.4 Å². The maximum Gasteiger partial charge on any atom is 0.153 e. The van der Waals surface area contributed by atoms with Crippen LogP contribution in [0.4, 0.5) is 5.82 Å².